The Labute approximate surface area is 131 Å². The summed E-state index contributed by atoms with van der Waals surface area (Å²) >= 11 is 0. The van der Waals surface area contributed by atoms with Crippen molar-refractivity contribution in [3.05, 3.63) is 24.3 Å². The number of morpholine rings is 1. The summed E-state index contributed by atoms with van der Waals surface area (Å²) in [7, 11) is -3.19. The summed E-state index contributed by atoms with van der Waals surface area (Å²) in [5, 5.41) is 3.03. The lowest BCUT2D eigenvalue weighted by molar-refractivity contribution is -0.136. The number of hydrogen-bond donors (Lipinski definition) is 1. The van der Waals surface area contributed by atoms with Crippen molar-refractivity contribution in [3.8, 4) is 0 Å². The molecule has 1 unspecified atom stereocenters. The van der Waals surface area contributed by atoms with E-state index in [9.17, 15) is 13.2 Å². The topological polar surface area (TPSA) is 75.7 Å². The number of benzene rings is 1. The molecule has 6 nitrogen and oxygen atoms in total. The van der Waals surface area contributed by atoms with Gasteiger partial charge in [0, 0.05) is 18.8 Å². The van der Waals surface area contributed by atoms with E-state index in [1.54, 1.807) is 36.1 Å². The average molecular weight is 326 g/mol. The number of sulfone groups is 1. The molecule has 22 heavy (non-hydrogen) atoms. The molecule has 2 rings (SSSR count). The van der Waals surface area contributed by atoms with Gasteiger partial charge in [-0.2, -0.15) is 0 Å². The largest absolute Gasteiger partial charge is 0.376 e. The number of nitrogens with zero attached hydrogens (tertiary/aromatic N) is 1. The summed E-state index contributed by atoms with van der Waals surface area (Å²) in [6, 6.07) is 6.47. The molecule has 0 aromatic heterocycles. The van der Waals surface area contributed by atoms with Gasteiger partial charge in [-0.25, -0.2) is 8.42 Å². The second-order valence-electron chi connectivity index (χ2n) is 5.30. The molecule has 122 valence electrons. The Morgan fingerprint density at radius 1 is 1.36 bits per heavy atom. The normalized spacial score (nSPS) is 19.0. The minimum atomic E-state index is -3.19. The van der Waals surface area contributed by atoms with Crippen LogP contribution in [0.3, 0.4) is 0 Å². The van der Waals surface area contributed by atoms with Crippen LogP contribution >= 0.6 is 0 Å². The first kappa shape index (κ1) is 16.8. The van der Waals surface area contributed by atoms with Crippen LogP contribution in [0.4, 0.5) is 5.69 Å². The predicted molar refractivity (Wildman–Crippen MR) is 84.7 cm³/mol. The molecular weight excluding hydrogens is 304 g/mol. The SMILES string of the molecule is CCS(=O)(=O)c1ccc(NCC(=O)N2CCOC(C)C2)cc1. The van der Waals surface area contributed by atoms with Crippen molar-refractivity contribution in [2.75, 3.05) is 37.3 Å². The fourth-order valence-corrected chi connectivity index (χ4v) is 3.17. The van der Waals surface area contributed by atoms with Crippen molar-refractivity contribution in [1.29, 1.82) is 0 Å². The zero-order chi connectivity index (χ0) is 16.2. The van der Waals surface area contributed by atoms with Crippen LogP contribution in [0, 0.1) is 0 Å². The van der Waals surface area contributed by atoms with Crippen molar-refractivity contribution in [1.82, 2.24) is 4.90 Å². The number of amides is 1. The summed E-state index contributed by atoms with van der Waals surface area (Å²) in [6.07, 6.45) is 0.0660. The van der Waals surface area contributed by atoms with E-state index >= 15 is 0 Å². The zero-order valence-electron chi connectivity index (χ0n) is 12.9. The molecule has 0 spiro atoms. The van der Waals surface area contributed by atoms with Gasteiger partial charge in [0.2, 0.25) is 5.91 Å². The van der Waals surface area contributed by atoms with Gasteiger partial charge in [0.25, 0.3) is 0 Å². The van der Waals surface area contributed by atoms with Crippen LogP contribution in [0.1, 0.15) is 13.8 Å². The van der Waals surface area contributed by atoms with E-state index in [0.717, 1.165) is 5.69 Å². The van der Waals surface area contributed by atoms with E-state index in [1.165, 1.54) is 0 Å². The van der Waals surface area contributed by atoms with Gasteiger partial charge in [0.15, 0.2) is 9.84 Å². The highest BCUT2D eigenvalue weighted by Crippen LogP contribution is 2.15. The lowest BCUT2D eigenvalue weighted by atomic mass is 10.3. The highest BCUT2D eigenvalue weighted by Gasteiger charge is 2.20. The molecule has 1 atom stereocenters. The zero-order valence-corrected chi connectivity index (χ0v) is 13.7. The number of anilines is 1. The van der Waals surface area contributed by atoms with Crippen LogP contribution < -0.4 is 5.32 Å². The minimum absolute atomic E-state index is 0.0143. The Balaban J connectivity index is 1.90. The third-order valence-corrected chi connectivity index (χ3v) is 5.38. The highest BCUT2D eigenvalue weighted by atomic mass is 32.2. The van der Waals surface area contributed by atoms with Crippen molar-refractivity contribution >= 4 is 21.4 Å². The Morgan fingerprint density at radius 3 is 2.64 bits per heavy atom. The number of rotatable bonds is 5. The van der Waals surface area contributed by atoms with Crippen LogP contribution in [0.25, 0.3) is 0 Å². The van der Waals surface area contributed by atoms with E-state index in [4.69, 9.17) is 4.74 Å². The summed E-state index contributed by atoms with van der Waals surface area (Å²) in [6.45, 7) is 5.53. The Kier molecular flexibility index (Phi) is 5.42. The fourth-order valence-electron chi connectivity index (χ4n) is 2.28. The molecule has 1 aliphatic rings. The van der Waals surface area contributed by atoms with Gasteiger partial charge in [-0.15, -0.1) is 0 Å². The van der Waals surface area contributed by atoms with E-state index in [2.05, 4.69) is 5.32 Å². The summed E-state index contributed by atoms with van der Waals surface area (Å²) in [5.74, 6) is 0.0911. The number of hydrogen-bond acceptors (Lipinski definition) is 5. The Morgan fingerprint density at radius 2 is 2.05 bits per heavy atom. The molecular formula is C15H22N2O4S. The van der Waals surface area contributed by atoms with Gasteiger partial charge in [0.05, 0.1) is 29.9 Å². The van der Waals surface area contributed by atoms with E-state index in [0.29, 0.717) is 24.6 Å². The number of carbonyl (C=O) groups is 1. The first-order valence-corrected chi connectivity index (χ1v) is 9.03. The maximum absolute atomic E-state index is 12.1. The molecule has 1 aromatic carbocycles. The number of carbonyl (C=O) groups excluding carboxylic acids is 1. The molecule has 1 aliphatic heterocycles. The molecule has 1 amide bonds. The molecule has 0 radical (unpaired) electrons. The van der Waals surface area contributed by atoms with Gasteiger partial charge in [0.1, 0.15) is 0 Å². The maximum Gasteiger partial charge on any atom is 0.242 e. The highest BCUT2D eigenvalue weighted by molar-refractivity contribution is 7.91. The van der Waals surface area contributed by atoms with Gasteiger partial charge >= 0.3 is 0 Å². The van der Waals surface area contributed by atoms with Crippen LogP contribution in [0.2, 0.25) is 0 Å². The third kappa shape index (κ3) is 4.20. The first-order valence-electron chi connectivity index (χ1n) is 7.38. The van der Waals surface area contributed by atoms with E-state index < -0.39 is 9.84 Å². The van der Waals surface area contributed by atoms with Gasteiger partial charge in [-0.3, -0.25) is 4.79 Å². The van der Waals surface area contributed by atoms with Crippen molar-refractivity contribution < 1.29 is 17.9 Å². The van der Waals surface area contributed by atoms with Gasteiger partial charge in [-0.05, 0) is 31.2 Å². The predicted octanol–water partition coefficient (Wildman–Crippen LogP) is 1.14. The van der Waals surface area contributed by atoms with E-state index in [-0.39, 0.29) is 24.3 Å². The molecule has 1 heterocycles. The van der Waals surface area contributed by atoms with Crippen LogP contribution in [-0.2, 0) is 19.4 Å². The van der Waals surface area contributed by atoms with Crippen LogP contribution in [-0.4, -0.2) is 57.3 Å². The smallest absolute Gasteiger partial charge is 0.242 e. The molecule has 1 saturated heterocycles. The van der Waals surface area contributed by atoms with Crippen molar-refractivity contribution in [2.45, 2.75) is 24.8 Å². The lowest BCUT2D eigenvalue weighted by Crippen LogP contribution is -2.46. The Bertz CT molecular complexity index is 613. The number of ether oxygens (including phenoxy) is 1. The fraction of sp³-hybridized carbons (Fsp3) is 0.533. The van der Waals surface area contributed by atoms with Gasteiger partial charge < -0.3 is 15.0 Å². The Hall–Kier alpha value is -1.60. The second-order valence-corrected chi connectivity index (χ2v) is 7.58. The lowest BCUT2D eigenvalue weighted by Gasteiger charge is -2.31. The molecule has 0 saturated carbocycles. The first-order chi connectivity index (χ1) is 10.4. The molecule has 1 aromatic rings. The van der Waals surface area contributed by atoms with Crippen molar-refractivity contribution in [3.63, 3.8) is 0 Å². The quantitative estimate of drug-likeness (QED) is 0.878. The second kappa shape index (κ2) is 7.11. The van der Waals surface area contributed by atoms with Crippen LogP contribution in [0.15, 0.2) is 29.2 Å². The summed E-state index contributed by atoms with van der Waals surface area (Å²) < 4.78 is 28.9. The monoisotopic (exact) mass is 326 g/mol. The standard InChI is InChI=1S/C15H22N2O4S/c1-3-22(19,20)14-6-4-13(5-7-14)16-10-15(18)17-8-9-21-12(2)11-17/h4-7,12,16H,3,8-11H2,1-2H3. The maximum atomic E-state index is 12.1. The third-order valence-electron chi connectivity index (χ3n) is 3.63. The molecule has 1 fully saturated rings. The van der Waals surface area contributed by atoms with Crippen molar-refractivity contribution in [2.24, 2.45) is 0 Å². The number of nitrogens with one attached hydrogen (secondary N) is 1. The average Bonchev–Trinajstić information content (AvgIpc) is 2.53. The molecule has 1 N–H and O–H groups in total. The van der Waals surface area contributed by atoms with Crippen LogP contribution in [0.5, 0.6) is 0 Å². The molecule has 0 aliphatic carbocycles. The summed E-state index contributed by atoms with van der Waals surface area (Å²) in [5.41, 5.74) is 0.727. The van der Waals surface area contributed by atoms with Gasteiger partial charge in [-0.1, -0.05) is 6.92 Å². The minimum Gasteiger partial charge on any atom is -0.376 e. The molecule has 0 bridgehead atoms. The van der Waals surface area contributed by atoms with E-state index in [1.807, 2.05) is 6.92 Å². The molecule has 7 heteroatoms. The summed E-state index contributed by atoms with van der Waals surface area (Å²) in [4.78, 5) is 14.2.